The molecule has 1 aliphatic heterocycles. The molecule has 0 radical (unpaired) electrons. The molecular weight excluding hydrogens is 372 g/mol. The minimum atomic E-state index is -0.992. The average Bonchev–Trinajstić information content (AvgIpc) is 2.69. The number of esters is 1. The number of para-hydroxylation sites is 2. The fourth-order valence-corrected chi connectivity index (χ4v) is 3.08. The molecular formula is C22H24N2O5. The zero-order valence-electron chi connectivity index (χ0n) is 16.7. The third-order valence-electron chi connectivity index (χ3n) is 4.52. The van der Waals surface area contributed by atoms with Crippen molar-refractivity contribution in [2.24, 2.45) is 0 Å². The fraction of sp³-hybridized carbons (Fsp3) is 0.318. The Hall–Kier alpha value is -3.35. The van der Waals surface area contributed by atoms with E-state index in [9.17, 15) is 14.4 Å². The summed E-state index contributed by atoms with van der Waals surface area (Å²) in [6.07, 6.45) is 0.121. The van der Waals surface area contributed by atoms with E-state index in [-0.39, 0.29) is 24.8 Å². The van der Waals surface area contributed by atoms with Gasteiger partial charge in [0.1, 0.15) is 5.75 Å². The summed E-state index contributed by atoms with van der Waals surface area (Å²) in [6, 6.07) is 13.7. The van der Waals surface area contributed by atoms with E-state index in [0.717, 1.165) is 0 Å². The number of carbonyl (C=O) groups is 3. The zero-order chi connectivity index (χ0) is 21.0. The van der Waals surface area contributed by atoms with Crippen LogP contribution in [0.15, 0.2) is 48.5 Å². The third kappa shape index (κ3) is 4.56. The van der Waals surface area contributed by atoms with Crippen LogP contribution in [-0.4, -0.2) is 36.5 Å². The first kappa shape index (κ1) is 20.4. The van der Waals surface area contributed by atoms with E-state index >= 15 is 0 Å². The van der Waals surface area contributed by atoms with Gasteiger partial charge in [-0.15, -0.1) is 0 Å². The highest BCUT2D eigenvalue weighted by Gasteiger charge is 2.40. The number of hydrogen-bond donors (Lipinski definition) is 1. The monoisotopic (exact) mass is 396 g/mol. The smallest absolute Gasteiger partial charge is 0.338 e. The number of ether oxygens (including phenoxy) is 2. The maximum absolute atomic E-state index is 12.8. The fourth-order valence-electron chi connectivity index (χ4n) is 3.08. The molecule has 1 heterocycles. The van der Waals surface area contributed by atoms with E-state index in [4.69, 9.17) is 9.47 Å². The van der Waals surface area contributed by atoms with Gasteiger partial charge in [-0.05, 0) is 57.2 Å². The van der Waals surface area contributed by atoms with Crippen LogP contribution in [0.5, 0.6) is 5.75 Å². The minimum Gasteiger partial charge on any atom is -0.476 e. The molecule has 0 saturated carbocycles. The van der Waals surface area contributed by atoms with E-state index in [1.54, 1.807) is 56.0 Å². The first-order chi connectivity index (χ1) is 13.8. The second-order valence-electron chi connectivity index (χ2n) is 7.13. The van der Waals surface area contributed by atoms with Crippen LogP contribution in [0.4, 0.5) is 11.4 Å². The lowest BCUT2D eigenvalue weighted by Crippen LogP contribution is -2.53. The molecule has 2 aromatic carbocycles. The SMILES string of the molecule is CCOC(=O)c1ccc(NC(=O)CCN2C(=O)C(C)(C)Oc3ccccc32)cc1. The van der Waals surface area contributed by atoms with Gasteiger partial charge in [0, 0.05) is 18.7 Å². The standard InChI is InChI=1S/C22H24N2O5/c1-4-28-20(26)15-9-11-16(12-10-15)23-19(25)13-14-24-17-7-5-6-8-18(17)29-22(2,3)21(24)27/h5-12H,4,13-14H2,1-3H3,(H,23,25). The van der Waals surface area contributed by atoms with Crippen LogP contribution >= 0.6 is 0 Å². The summed E-state index contributed by atoms with van der Waals surface area (Å²) in [7, 11) is 0. The van der Waals surface area contributed by atoms with Gasteiger partial charge in [0.2, 0.25) is 5.91 Å². The predicted octanol–water partition coefficient (Wildman–Crippen LogP) is 3.40. The van der Waals surface area contributed by atoms with Crippen LogP contribution in [0.1, 0.15) is 37.6 Å². The number of hydrogen-bond acceptors (Lipinski definition) is 5. The first-order valence-corrected chi connectivity index (χ1v) is 9.49. The molecule has 0 saturated heterocycles. The van der Waals surface area contributed by atoms with E-state index in [2.05, 4.69) is 5.32 Å². The highest BCUT2D eigenvalue weighted by Crippen LogP contribution is 2.37. The average molecular weight is 396 g/mol. The van der Waals surface area contributed by atoms with Gasteiger partial charge in [0.25, 0.3) is 5.91 Å². The maximum Gasteiger partial charge on any atom is 0.338 e. The van der Waals surface area contributed by atoms with Gasteiger partial charge in [-0.2, -0.15) is 0 Å². The summed E-state index contributed by atoms with van der Waals surface area (Å²) >= 11 is 0. The molecule has 1 N–H and O–H groups in total. The van der Waals surface area contributed by atoms with Crippen molar-refractivity contribution in [3.05, 3.63) is 54.1 Å². The Balaban J connectivity index is 1.63. The molecule has 29 heavy (non-hydrogen) atoms. The maximum atomic E-state index is 12.8. The second-order valence-corrected chi connectivity index (χ2v) is 7.13. The van der Waals surface area contributed by atoms with Crippen molar-refractivity contribution in [1.82, 2.24) is 0 Å². The molecule has 152 valence electrons. The molecule has 2 aromatic rings. The van der Waals surface area contributed by atoms with Crippen LogP contribution < -0.4 is 15.0 Å². The van der Waals surface area contributed by atoms with E-state index in [0.29, 0.717) is 29.3 Å². The van der Waals surface area contributed by atoms with E-state index in [1.165, 1.54) is 0 Å². The van der Waals surface area contributed by atoms with E-state index in [1.807, 2.05) is 18.2 Å². The van der Waals surface area contributed by atoms with Gasteiger partial charge in [-0.25, -0.2) is 4.79 Å². The number of benzene rings is 2. The van der Waals surface area contributed by atoms with Crippen molar-refractivity contribution < 1.29 is 23.9 Å². The Morgan fingerprint density at radius 2 is 1.79 bits per heavy atom. The van der Waals surface area contributed by atoms with Gasteiger partial charge >= 0.3 is 5.97 Å². The van der Waals surface area contributed by atoms with Crippen molar-refractivity contribution in [2.45, 2.75) is 32.8 Å². The van der Waals surface area contributed by atoms with Gasteiger partial charge in [-0.3, -0.25) is 9.59 Å². The Kier molecular flexibility index (Phi) is 5.87. The molecule has 0 spiro atoms. The quantitative estimate of drug-likeness (QED) is 0.757. The van der Waals surface area contributed by atoms with Crippen LogP contribution in [-0.2, 0) is 14.3 Å². The molecule has 0 aromatic heterocycles. The topological polar surface area (TPSA) is 84.9 Å². The molecule has 0 bridgehead atoms. The summed E-state index contributed by atoms with van der Waals surface area (Å²) in [6.45, 7) is 5.70. The van der Waals surface area contributed by atoms with Crippen molar-refractivity contribution in [3.8, 4) is 5.75 Å². The highest BCUT2D eigenvalue weighted by molar-refractivity contribution is 6.03. The van der Waals surface area contributed by atoms with Gasteiger partial charge in [-0.1, -0.05) is 12.1 Å². The normalized spacial score (nSPS) is 14.6. The lowest BCUT2D eigenvalue weighted by Gasteiger charge is -2.38. The Bertz CT molecular complexity index is 921. The van der Waals surface area contributed by atoms with E-state index < -0.39 is 11.6 Å². The minimum absolute atomic E-state index is 0.121. The number of carbonyl (C=O) groups excluding carboxylic acids is 3. The lowest BCUT2D eigenvalue weighted by molar-refractivity contribution is -0.132. The summed E-state index contributed by atoms with van der Waals surface area (Å²) in [4.78, 5) is 38.4. The Morgan fingerprint density at radius 1 is 1.10 bits per heavy atom. The highest BCUT2D eigenvalue weighted by atomic mass is 16.5. The molecule has 7 heteroatoms. The van der Waals surface area contributed by atoms with Crippen LogP contribution in [0.2, 0.25) is 0 Å². The molecule has 0 aliphatic carbocycles. The molecule has 0 unspecified atom stereocenters. The largest absolute Gasteiger partial charge is 0.476 e. The number of fused-ring (bicyclic) bond motifs is 1. The molecule has 0 atom stereocenters. The first-order valence-electron chi connectivity index (χ1n) is 9.49. The Morgan fingerprint density at radius 3 is 2.48 bits per heavy atom. The number of anilines is 2. The van der Waals surface area contributed by atoms with Gasteiger partial charge in [0.15, 0.2) is 5.60 Å². The molecule has 2 amide bonds. The summed E-state index contributed by atoms with van der Waals surface area (Å²) in [5.41, 5.74) is 0.649. The summed E-state index contributed by atoms with van der Waals surface area (Å²) < 4.78 is 10.7. The number of rotatable bonds is 6. The molecule has 3 rings (SSSR count). The van der Waals surface area contributed by atoms with Crippen LogP contribution in [0.3, 0.4) is 0 Å². The van der Waals surface area contributed by atoms with Crippen molar-refractivity contribution in [3.63, 3.8) is 0 Å². The third-order valence-corrected chi connectivity index (χ3v) is 4.52. The zero-order valence-corrected chi connectivity index (χ0v) is 16.7. The molecule has 7 nitrogen and oxygen atoms in total. The summed E-state index contributed by atoms with van der Waals surface area (Å²) in [5.74, 6) is -0.212. The molecule has 1 aliphatic rings. The number of amides is 2. The number of nitrogens with one attached hydrogen (secondary N) is 1. The van der Waals surface area contributed by atoms with Crippen molar-refractivity contribution >= 4 is 29.2 Å². The Labute approximate surface area is 169 Å². The number of nitrogens with zero attached hydrogens (tertiary/aromatic N) is 1. The lowest BCUT2D eigenvalue weighted by atomic mass is 10.0. The predicted molar refractivity (Wildman–Crippen MR) is 109 cm³/mol. The van der Waals surface area contributed by atoms with Gasteiger partial charge < -0.3 is 19.7 Å². The molecule has 0 fully saturated rings. The van der Waals surface area contributed by atoms with Crippen LogP contribution in [0, 0.1) is 0 Å². The van der Waals surface area contributed by atoms with Crippen molar-refractivity contribution in [1.29, 1.82) is 0 Å². The second kappa shape index (κ2) is 8.34. The van der Waals surface area contributed by atoms with Crippen LogP contribution in [0.25, 0.3) is 0 Å². The van der Waals surface area contributed by atoms with Gasteiger partial charge in [0.05, 0.1) is 17.9 Å². The summed E-state index contributed by atoms with van der Waals surface area (Å²) in [5, 5.41) is 2.78. The van der Waals surface area contributed by atoms with Crippen molar-refractivity contribution in [2.75, 3.05) is 23.4 Å².